The van der Waals surface area contributed by atoms with E-state index in [0.29, 0.717) is 19.0 Å². The van der Waals surface area contributed by atoms with Crippen molar-refractivity contribution >= 4 is 28.0 Å². The summed E-state index contributed by atoms with van der Waals surface area (Å²) in [6.07, 6.45) is 2.63. The van der Waals surface area contributed by atoms with Crippen LogP contribution in [0.1, 0.15) is 16.7 Å². The van der Waals surface area contributed by atoms with Gasteiger partial charge in [-0.05, 0) is 76.8 Å². The quantitative estimate of drug-likeness (QED) is 0.553. The number of carboxylic acids is 1. The zero-order valence-corrected chi connectivity index (χ0v) is 15.2. The van der Waals surface area contributed by atoms with Crippen LogP contribution in [-0.2, 0) is 4.79 Å². The largest absolute Gasteiger partial charge is 0.490 e. The highest BCUT2D eigenvalue weighted by Crippen LogP contribution is 2.26. The minimum atomic E-state index is -0.977. The number of aliphatic carboxylic acids is 1. The van der Waals surface area contributed by atoms with E-state index in [1.165, 1.54) is 17.2 Å². The number of hydrogen-bond donors (Lipinski definition) is 1. The summed E-state index contributed by atoms with van der Waals surface area (Å²) >= 11 is 3.42. The molecule has 0 atom stereocenters. The molecule has 0 saturated carbocycles. The monoisotopic (exact) mass is 390 g/mol. The second-order valence-corrected chi connectivity index (χ2v) is 6.24. The first-order chi connectivity index (χ1) is 11.4. The summed E-state index contributed by atoms with van der Waals surface area (Å²) in [5, 5.41) is 8.63. The van der Waals surface area contributed by atoms with Gasteiger partial charge in [0.05, 0.1) is 4.47 Å². The van der Waals surface area contributed by atoms with Gasteiger partial charge in [0.15, 0.2) is 0 Å². The lowest BCUT2D eigenvalue weighted by atomic mass is 10.1. The van der Waals surface area contributed by atoms with E-state index in [-0.39, 0.29) is 0 Å². The second kappa shape index (κ2) is 8.55. The smallest absolute Gasteiger partial charge is 0.328 e. The average Bonchev–Trinajstić information content (AvgIpc) is 2.50. The van der Waals surface area contributed by atoms with Crippen LogP contribution >= 0.6 is 15.9 Å². The molecule has 0 aliphatic carbocycles. The Morgan fingerprint density at radius 1 is 1.08 bits per heavy atom. The number of rotatable bonds is 7. The van der Waals surface area contributed by atoms with Crippen molar-refractivity contribution in [3.63, 3.8) is 0 Å². The summed E-state index contributed by atoms with van der Waals surface area (Å²) in [4.78, 5) is 10.5. The number of halogens is 1. The van der Waals surface area contributed by atoms with Crippen molar-refractivity contribution in [2.24, 2.45) is 0 Å². The molecule has 0 spiro atoms. The Labute approximate surface area is 149 Å². The van der Waals surface area contributed by atoms with Crippen LogP contribution in [0.3, 0.4) is 0 Å². The van der Waals surface area contributed by atoms with Crippen LogP contribution in [0.4, 0.5) is 0 Å². The minimum Gasteiger partial charge on any atom is -0.490 e. The van der Waals surface area contributed by atoms with Crippen LogP contribution in [0.5, 0.6) is 11.5 Å². The fourth-order valence-electron chi connectivity index (χ4n) is 2.23. The van der Waals surface area contributed by atoms with E-state index in [9.17, 15) is 4.79 Å². The average molecular weight is 391 g/mol. The first-order valence-corrected chi connectivity index (χ1v) is 8.28. The Morgan fingerprint density at radius 2 is 1.75 bits per heavy atom. The predicted octanol–water partition coefficient (Wildman–Crippen LogP) is 4.62. The molecule has 0 fully saturated rings. The van der Waals surface area contributed by atoms with E-state index in [0.717, 1.165) is 21.9 Å². The zero-order chi connectivity index (χ0) is 17.5. The number of ether oxygens (including phenoxy) is 2. The molecule has 0 aliphatic heterocycles. The third kappa shape index (κ3) is 5.74. The Hall–Kier alpha value is -2.27. The van der Waals surface area contributed by atoms with E-state index in [1.807, 2.05) is 26.0 Å². The van der Waals surface area contributed by atoms with Crippen LogP contribution in [0.2, 0.25) is 0 Å². The lowest BCUT2D eigenvalue weighted by molar-refractivity contribution is -0.131. The SMILES string of the molecule is Cc1cc(C)cc(OCCOc2ccc(C=CC(=O)O)cc2Br)c1. The third-order valence-corrected chi connectivity index (χ3v) is 3.80. The van der Waals surface area contributed by atoms with E-state index in [2.05, 4.69) is 22.0 Å². The Balaban J connectivity index is 1.87. The molecule has 1 N–H and O–H groups in total. The molecule has 0 amide bonds. The molecule has 0 saturated heterocycles. The van der Waals surface area contributed by atoms with Crippen molar-refractivity contribution < 1.29 is 19.4 Å². The van der Waals surface area contributed by atoms with Crippen LogP contribution < -0.4 is 9.47 Å². The van der Waals surface area contributed by atoms with Crippen molar-refractivity contribution in [2.45, 2.75) is 13.8 Å². The summed E-state index contributed by atoms with van der Waals surface area (Å²) in [7, 11) is 0. The van der Waals surface area contributed by atoms with Gasteiger partial charge >= 0.3 is 5.97 Å². The molecule has 5 heteroatoms. The molecular formula is C19H19BrO4. The maximum Gasteiger partial charge on any atom is 0.328 e. The molecule has 126 valence electrons. The van der Waals surface area contributed by atoms with Gasteiger partial charge < -0.3 is 14.6 Å². The number of benzene rings is 2. The molecule has 0 aliphatic rings. The molecule has 4 nitrogen and oxygen atoms in total. The van der Waals surface area contributed by atoms with Gasteiger partial charge in [-0.3, -0.25) is 0 Å². The van der Waals surface area contributed by atoms with Gasteiger partial charge in [-0.15, -0.1) is 0 Å². The summed E-state index contributed by atoms with van der Waals surface area (Å²) in [6, 6.07) is 11.5. The van der Waals surface area contributed by atoms with Crippen molar-refractivity contribution in [2.75, 3.05) is 13.2 Å². The Morgan fingerprint density at radius 3 is 2.38 bits per heavy atom. The third-order valence-electron chi connectivity index (χ3n) is 3.18. The zero-order valence-electron chi connectivity index (χ0n) is 13.6. The summed E-state index contributed by atoms with van der Waals surface area (Å²) in [5.41, 5.74) is 3.11. The highest BCUT2D eigenvalue weighted by molar-refractivity contribution is 9.10. The summed E-state index contributed by atoms with van der Waals surface area (Å²) in [6.45, 7) is 4.92. The van der Waals surface area contributed by atoms with Crippen molar-refractivity contribution in [3.8, 4) is 11.5 Å². The topological polar surface area (TPSA) is 55.8 Å². The van der Waals surface area contributed by atoms with Crippen LogP contribution in [0, 0.1) is 13.8 Å². The summed E-state index contributed by atoms with van der Waals surface area (Å²) in [5.74, 6) is 0.547. The standard InChI is InChI=1S/C19H19BrO4/c1-13-9-14(2)11-16(10-13)23-7-8-24-18-5-3-15(12-17(18)20)4-6-19(21)22/h3-6,9-12H,7-8H2,1-2H3,(H,21,22). The van der Waals surface area contributed by atoms with Gasteiger partial charge in [-0.25, -0.2) is 4.79 Å². The predicted molar refractivity (Wildman–Crippen MR) is 97.7 cm³/mol. The van der Waals surface area contributed by atoms with Crippen LogP contribution in [-0.4, -0.2) is 24.3 Å². The normalized spacial score (nSPS) is 10.8. The molecule has 0 bridgehead atoms. The molecule has 2 rings (SSSR count). The molecule has 2 aromatic rings. The van der Waals surface area contributed by atoms with E-state index < -0.39 is 5.97 Å². The lowest BCUT2D eigenvalue weighted by Crippen LogP contribution is -2.09. The van der Waals surface area contributed by atoms with E-state index in [4.69, 9.17) is 14.6 Å². The molecule has 0 aromatic heterocycles. The van der Waals surface area contributed by atoms with E-state index in [1.54, 1.807) is 18.2 Å². The molecule has 2 aromatic carbocycles. The van der Waals surface area contributed by atoms with Gasteiger partial charge in [0, 0.05) is 6.08 Å². The van der Waals surface area contributed by atoms with Crippen molar-refractivity contribution in [1.82, 2.24) is 0 Å². The summed E-state index contributed by atoms with van der Waals surface area (Å²) < 4.78 is 12.2. The first-order valence-electron chi connectivity index (χ1n) is 7.48. The maximum atomic E-state index is 10.5. The van der Waals surface area contributed by atoms with Gasteiger partial charge in [0.1, 0.15) is 24.7 Å². The number of carbonyl (C=O) groups is 1. The van der Waals surface area contributed by atoms with Gasteiger partial charge in [-0.2, -0.15) is 0 Å². The highest BCUT2D eigenvalue weighted by Gasteiger charge is 2.03. The van der Waals surface area contributed by atoms with Crippen molar-refractivity contribution in [1.29, 1.82) is 0 Å². The molecule has 0 radical (unpaired) electrons. The molecule has 0 unspecified atom stereocenters. The van der Waals surface area contributed by atoms with Crippen molar-refractivity contribution in [3.05, 3.63) is 63.6 Å². The Bertz CT molecular complexity index is 733. The molecule has 24 heavy (non-hydrogen) atoms. The van der Waals surface area contributed by atoms with Crippen LogP contribution in [0.25, 0.3) is 6.08 Å². The molecular weight excluding hydrogens is 372 g/mol. The van der Waals surface area contributed by atoms with Gasteiger partial charge in [0.2, 0.25) is 0 Å². The lowest BCUT2D eigenvalue weighted by Gasteiger charge is -2.11. The van der Waals surface area contributed by atoms with Gasteiger partial charge in [-0.1, -0.05) is 12.1 Å². The molecule has 0 heterocycles. The fourth-order valence-corrected chi connectivity index (χ4v) is 2.74. The number of carboxylic acid groups (broad SMARTS) is 1. The highest BCUT2D eigenvalue weighted by atomic mass is 79.9. The number of hydrogen-bond acceptors (Lipinski definition) is 3. The second-order valence-electron chi connectivity index (χ2n) is 5.38. The number of aryl methyl sites for hydroxylation is 2. The fraction of sp³-hybridized carbons (Fsp3) is 0.211. The first kappa shape index (κ1) is 18.1. The Kier molecular flexibility index (Phi) is 6.44. The van der Waals surface area contributed by atoms with Gasteiger partial charge in [0.25, 0.3) is 0 Å². The van der Waals surface area contributed by atoms with Crippen LogP contribution in [0.15, 0.2) is 46.9 Å². The maximum absolute atomic E-state index is 10.5. The van der Waals surface area contributed by atoms with E-state index >= 15 is 0 Å². The minimum absolute atomic E-state index is 0.413.